The van der Waals surface area contributed by atoms with Gasteiger partial charge in [0.2, 0.25) is 0 Å². The largest absolute Gasteiger partial charge is 0.497 e. The summed E-state index contributed by atoms with van der Waals surface area (Å²) in [6.45, 7) is 3.98. The number of hydrogen-bond donors (Lipinski definition) is 0. The first-order valence-electron chi connectivity index (χ1n) is 5.63. The van der Waals surface area contributed by atoms with E-state index in [1.54, 1.807) is 12.1 Å². The summed E-state index contributed by atoms with van der Waals surface area (Å²) in [7, 11) is 1.51. The Bertz CT molecular complexity index is 401. The van der Waals surface area contributed by atoms with Gasteiger partial charge in [0.1, 0.15) is 11.6 Å². The third-order valence-electron chi connectivity index (χ3n) is 2.64. The Labute approximate surface area is 101 Å². The zero-order valence-electron chi connectivity index (χ0n) is 10.2. The van der Waals surface area contributed by atoms with E-state index in [1.807, 2.05) is 11.8 Å². The minimum absolute atomic E-state index is 0.264. The predicted octanol–water partition coefficient (Wildman–Crippen LogP) is 2.57. The second-order valence-corrected chi connectivity index (χ2v) is 3.73. The predicted molar refractivity (Wildman–Crippen MR) is 64.1 cm³/mol. The molecule has 0 radical (unpaired) electrons. The molecule has 0 amide bonds. The van der Waals surface area contributed by atoms with Crippen LogP contribution in [0, 0.1) is 17.1 Å². The molecule has 3 nitrogen and oxygen atoms in total. The van der Waals surface area contributed by atoms with Crippen LogP contribution in [0.4, 0.5) is 4.39 Å². The first-order valence-corrected chi connectivity index (χ1v) is 5.63. The highest BCUT2D eigenvalue weighted by molar-refractivity contribution is 5.28. The van der Waals surface area contributed by atoms with Gasteiger partial charge in [-0.2, -0.15) is 5.26 Å². The van der Waals surface area contributed by atoms with Gasteiger partial charge in [0.25, 0.3) is 0 Å². The SMILES string of the molecule is CCN(CCC#N)Cc1ccc(OC)cc1F. The first kappa shape index (κ1) is 13.5. The number of nitriles is 1. The average Bonchev–Trinajstić information content (AvgIpc) is 2.36. The number of halogens is 1. The van der Waals surface area contributed by atoms with Gasteiger partial charge >= 0.3 is 0 Å². The molecule has 0 spiro atoms. The fourth-order valence-electron chi connectivity index (χ4n) is 1.58. The number of rotatable bonds is 6. The molecule has 4 heteroatoms. The van der Waals surface area contributed by atoms with Gasteiger partial charge in [-0.25, -0.2) is 4.39 Å². The van der Waals surface area contributed by atoms with Crippen LogP contribution in [-0.4, -0.2) is 25.1 Å². The van der Waals surface area contributed by atoms with Gasteiger partial charge < -0.3 is 4.74 Å². The van der Waals surface area contributed by atoms with Crippen LogP contribution in [-0.2, 0) is 6.54 Å². The lowest BCUT2D eigenvalue weighted by Crippen LogP contribution is -2.24. The monoisotopic (exact) mass is 236 g/mol. The Morgan fingerprint density at radius 2 is 2.24 bits per heavy atom. The summed E-state index contributed by atoms with van der Waals surface area (Å²) in [4.78, 5) is 2.04. The number of nitrogens with zero attached hydrogens (tertiary/aromatic N) is 2. The van der Waals surface area contributed by atoms with Gasteiger partial charge in [-0.15, -0.1) is 0 Å². The van der Waals surface area contributed by atoms with Gasteiger partial charge in [-0.3, -0.25) is 4.90 Å². The third kappa shape index (κ3) is 4.04. The van der Waals surface area contributed by atoms with Crippen molar-refractivity contribution in [2.24, 2.45) is 0 Å². The number of ether oxygens (including phenoxy) is 1. The maximum atomic E-state index is 13.7. The minimum atomic E-state index is -0.264. The van der Waals surface area contributed by atoms with Crippen molar-refractivity contribution >= 4 is 0 Å². The molecule has 0 aliphatic rings. The lowest BCUT2D eigenvalue weighted by atomic mass is 10.2. The van der Waals surface area contributed by atoms with E-state index in [1.165, 1.54) is 13.2 Å². The Hall–Kier alpha value is -1.60. The van der Waals surface area contributed by atoms with Gasteiger partial charge in [-0.1, -0.05) is 13.0 Å². The maximum absolute atomic E-state index is 13.7. The van der Waals surface area contributed by atoms with Crippen molar-refractivity contribution in [3.05, 3.63) is 29.6 Å². The Kier molecular flexibility index (Phi) is 5.44. The standard InChI is InChI=1S/C13H17FN2O/c1-3-16(8-4-7-15)10-11-5-6-12(17-2)9-13(11)14/h5-6,9H,3-4,8,10H2,1-2H3. The van der Waals surface area contributed by atoms with Crippen LogP contribution in [0.2, 0.25) is 0 Å². The maximum Gasteiger partial charge on any atom is 0.131 e. The van der Waals surface area contributed by atoms with Crippen LogP contribution in [0.3, 0.4) is 0 Å². The second-order valence-electron chi connectivity index (χ2n) is 3.73. The fraction of sp³-hybridized carbons (Fsp3) is 0.462. The van der Waals surface area contributed by atoms with Crippen molar-refractivity contribution in [1.29, 1.82) is 5.26 Å². The molecule has 0 aliphatic carbocycles. The van der Waals surface area contributed by atoms with Crippen molar-refractivity contribution < 1.29 is 9.13 Å². The van der Waals surface area contributed by atoms with Gasteiger partial charge in [0, 0.05) is 31.1 Å². The van der Waals surface area contributed by atoms with Crippen molar-refractivity contribution in [3.63, 3.8) is 0 Å². The van der Waals surface area contributed by atoms with E-state index in [0.717, 1.165) is 6.54 Å². The molecule has 17 heavy (non-hydrogen) atoms. The third-order valence-corrected chi connectivity index (χ3v) is 2.64. The minimum Gasteiger partial charge on any atom is -0.497 e. The highest BCUT2D eigenvalue weighted by Crippen LogP contribution is 2.17. The number of methoxy groups -OCH3 is 1. The van der Waals surface area contributed by atoms with E-state index < -0.39 is 0 Å². The van der Waals surface area contributed by atoms with Crippen LogP contribution in [0.15, 0.2) is 18.2 Å². The van der Waals surface area contributed by atoms with E-state index in [-0.39, 0.29) is 5.82 Å². The average molecular weight is 236 g/mol. The van der Waals surface area contributed by atoms with Crippen LogP contribution in [0.1, 0.15) is 18.9 Å². The van der Waals surface area contributed by atoms with Crippen molar-refractivity contribution in [2.75, 3.05) is 20.2 Å². The number of benzene rings is 1. The van der Waals surface area contributed by atoms with E-state index in [9.17, 15) is 4.39 Å². The summed E-state index contributed by atoms with van der Waals surface area (Å²) in [6, 6.07) is 6.95. The van der Waals surface area contributed by atoms with Crippen LogP contribution in [0.25, 0.3) is 0 Å². The van der Waals surface area contributed by atoms with Crippen molar-refractivity contribution in [3.8, 4) is 11.8 Å². The summed E-state index contributed by atoms with van der Waals surface area (Å²) in [6.07, 6.45) is 0.464. The molecule has 0 unspecified atom stereocenters. The highest BCUT2D eigenvalue weighted by Gasteiger charge is 2.08. The Morgan fingerprint density at radius 3 is 2.76 bits per heavy atom. The lowest BCUT2D eigenvalue weighted by Gasteiger charge is -2.19. The van der Waals surface area contributed by atoms with E-state index in [0.29, 0.717) is 30.8 Å². The normalized spacial score (nSPS) is 10.3. The molecule has 0 N–H and O–H groups in total. The Morgan fingerprint density at radius 1 is 1.47 bits per heavy atom. The zero-order chi connectivity index (χ0) is 12.7. The summed E-state index contributed by atoms with van der Waals surface area (Å²) >= 11 is 0. The first-order chi connectivity index (χ1) is 8.21. The summed E-state index contributed by atoms with van der Waals surface area (Å²) in [5, 5.41) is 8.53. The topological polar surface area (TPSA) is 36.3 Å². The molecule has 0 aromatic heterocycles. The quantitative estimate of drug-likeness (QED) is 0.761. The van der Waals surface area contributed by atoms with Crippen molar-refractivity contribution in [2.45, 2.75) is 19.9 Å². The van der Waals surface area contributed by atoms with Gasteiger partial charge in [0.15, 0.2) is 0 Å². The molecular weight excluding hydrogens is 219 g/mol. The molecule has 0 aliphatic heterocycles. The molecule has 0 saturated heterocycles. The van der Waals surface area contributed by atoms with E-state index >= 15 is 0 Å². The fourth-order valence-corrected chi connectivity index (χ4v) is 1.58. The lowest BCUT2D eigenvalue weighted by molar-refractivity contribution is 0.282. The number of hydrogen-bond acceptors (Lipinski definition) is 3. The van der Waals surface area contributed by atoms with Crippen molar-refractivity contribution in [1.82, 2.24) is 4.90 Å². The molecule has 0 heterocycles. The molecule has 0 bridgehead atoms. The molecule has 1 aromatic rings. The molecule has 0 saturated carbocycles. The molecule has 1 rings (SSSR count). The summed E-state index contributed by atoms with van der Waals surface area (Å²) < 4.78 is 18.6. The van der Waals surface area contributed by atoms with Gasteiger partial charge in [-0.05, 0) is 12.6 Å². The smallest absolute Gasteiger partial charge is 0.131 e. The molecular formula is C13H17FN2O. The van der Waals surface area contributed by atoms with E-state index in [4.69, 9.17) is 10.00 Å². The van der Waals surface area contributed by atoms with Crippen LogP contribution >= 0.6 is 0 Å². The van der Waals surface area contributed by atoms with Crippen LogP contribution < -0.4 is 4.74 Å². The molecule has 92 valence electrons. The summed E-state index contributed by atoms with van der Waals surface area (Å²) in [5.74, 6) is 0.256. The molecule has 0 fully saturated rings. The molecule has 1 aromatic carbocycles. The molecule has 0 atom stereocenters. The highest BCUT2D eigenvalue weighted by atomic mass is 19.1. The Balaban J connectivity index is 2.69. The van der Waals surface area contributed by atoms with Crippen LogP contribution in [0.5, 0.6) is 5.75 Å². The van der Waals surface area contributed by atoms with Gasteiger partial charge in [0.05, 0.1) is 13.2 Å². The van der Waals surface area contributed by atoms with E-state index in [2.05, 4.69) is 6.07 Å². The zero-order valence-corrected chi connectivity index (χ0v) is 10.2. The second kappa shape index (κ2) is 6.87. The summed E-state index contributed by atoms with van der Waals surface area (Å²) in [5.41, 5.74) is 0.630.